The van der Waals surface area contributed by atoms with Crippen molar-refractivity contribution >= 4 is 34.8 Å². The van der Waals surface area contributed by atoms with E-state index in [1.54, 1.807) is 0 Å². The predicted octanol–water partition coefficient (Wildman–Crippen LogP) is 5.89. The van der Waals surface area contributed by atoms with Crippen LogP contribution < -0.4 is 20.6 Å². The fourth-order valence-corrected chi connectivity index (χ4v) is 7.32. The number of rotatable bonds is 7. The summed E-state index contributed by atoms with van der Waals surface area (Å²) in [5.74, 6) is 0. The van der Waals surface area contributed by atoms with Crippen molar-refractivity contribution in [2.24, 2.45) is 0 Å². The first-order valence-electron chi connectivity index (χ1n) is 11.6. The van der Waals surface area contributed by atoms with Gasteiger partial charge in [-0.25, -0.2) is 8.93 Å². The van der Waals surface area contributed by atoms with Gasteiger partial charge in [0.25, 0.3) is 0 Å². The van der Waals surface area contributed by atoms with Crippen molar-refractivity contribution in [3.63, 3.8) is 0 Å². The average Bonchev–Trinajstić information content (AvgIpc) is 2.84. The molecule has 0 saturated heterocycles. The van der Waals surface area contributed by atoms with Crippen LogP contribution >= 0.6 is 7.92 Å². The van der Waals surface area contributed by atoms with Crippen LogP contribution in [0.2, 0.25) is 0 Å². The van der Waals surface area contributed by atoms with Crippen LogP contribution in [-0.2, 0) is 11.0 Å². The maximum Gasteiger partial charge on any atom is 0.0979 e. The predicted molar refractivity (Wildman–Crippen MR) is 149 cm³/mol. The second-order valence-electron chi connectivity index (χ2n) is 9.35. The van der Waals surface area contributed by atoms with E-state index >= 15 is 0 Å². The fraction of sp³-hybridized carbons (Fsp3) is 0.200. The van der Waals surface area contributed by atoms with Crippen molar-refractivity contribution in [3.05, 3.63) is 126 Å². The summed E-state index contributed by atoms with van der Waals surface area (Å²) in [5, 5.41) is 3.88. The Morgan fingerprint density at radius 3 is 1.68 bits per heavy atom. The van der Waals surface area contributed by atoms with Crippen LogP contribution in [0.5, 0.6) is 0 Å². The van der Waals surface area contributed by atoms with Gasteiger partial charge in [0.05, 0.1) is 21.8 Å². The van der Waals surface area contributed by atoms with Gasteiger partial charge in [-0.3, -0.25) is 0 Å². The second-order valence-corrected chi connectivity index (χ2v) is 13.5. The number of hydrogen-bond donors (Lipinski definition) is 1. The average molecular weight is 486 g/mol. The molecule has 0 spiro atoms. The molecule has 0 unspecified atom stereocenters. The third kappa shape index (κ3) is 5.55. The van der Waals surface area contributed by atoms with Crippen LogP contribution in [-0.4, -0.2) is 8.96 Å². The van der Waals surface area contributed by atoms with Crippen LogP contribution in [0.15, 0.2) is 109 Å². The number of benzene rings is 4. The molecule has 0 fully saturated rings. The summed E-state index contributed by atoms with van der Waals surface area (Å²) in [6.07, 6.45) is 0. The minimum Gasteiger partial charge on any atom is -0.242 e. The Hall–Kier alpha value is -2.58. The molecule has 0 aromatic heterocycles. The first kappa shape index (κ1) is 24.5. The Morgan fingerprint density at radius 2 is 1.15 bits per heavy atom. The molecule has 0 heterocycles. The van der Waals surface area contributed by atoms with Gasteiger partial charge in [0.2, 0.25) is 0 Å². The van der Waals surface area contributed by atoms with Gasteiger partial charge < -0.3 is 0 Å². The van der Waals surface area contributed by atoms with E-state index in [2.05, 4.69) is 121 Å². The largest absolute Gasteiger partial charge is 0.242 e. The molecule has 4 heteroatoms. The minimum absolute atomic E-state index is 0.185. The van der Waals surface area contributed by atoms with E-state index in [4.69, 9.17) is 0 Å². The van der Waals surface area contributed by atoms with E-state index in [1.807, 2.05) is 20.8 Å². The molecule has 0 aliphatic rings. The van der Waals surface area contributed by atoms with Crippen LogP contribution in [0.3, 0.4) is 0 Å². The Morgan fingerprint density at radius 1 is 0.676 bits per heavy atom. The Balaban J connectivity index is 1.92. The summed E-state index contributed by atoms with van der Waals surface area (Å²) < 4.78 is 16.5. The SMILES string of the molecule is Cc1ccccc1[C@@H](N[S@](=O)C(C)(C)C)c1ccccc1P(c1ccccc1)c1ccccc1. The molecule has 0 aliphatic carbocycles. The van der Waals surface area contributed by atoms with Crippen molar-refractivity contribution in [1.82, 2.24) is 4.72 Å². The molecule has 0 saturated carbocycles. The van der Waals surface area contributed by atoms with E-state index in [-0.39, 0.29) is 10.8 Å². The molecule has 4 aromatic carbocycles. The third-order valence-electron chi connectivity index (χ3n) is 5.80. The third-order valence-corrected chi connectivity index (χ3v) is 9.88. The van der Waals surface area contributed by atoms with E-state index in [0.29, 0.717) is 0 Å². The molecule has 4 aromatic rings. The van der Waals surface area contributed by atoms with E-state index in [0.717, 1.165) is 5.56 Å². The van der Waals surface area contributed by atoms with Gasteiger partial charge in [-0.05, 0) is 68.2 Å². The number of nitrogens with one attached hydrogen (secondary N) is 1. The molecule has 4 rings (SSSR count). The van der Waals surface area contributed by atoms with Crippen molar-refractivity contribution in [3.8, 4) is 0 Å². The zero-order valence-electron chi connectivity index (χ0n) is 20.2. The lowest BCUT2D eigenvalue weighted by atomic mass is 9.96. The van der Waals surface area contributed by atoms with Crippen molar-refractivity contribution in [1.29, 1.82) is 0 Å². The Kier molecular flexibility index (Phi) is 7.78. The Bertz CT molecular complexity index is 1210. The van der Waals surface area contributed by atoms with Gasteiger partial charge >= 0.3 is 0 Å². The maximum atomic E-state index is 13.4. The molecular weight excluding hydrogens is 453 g/mol. The summed E-state index contributed by atoms with van der Waals surface area (Å²) in [5.41, 5.74) is 3.52. The minimum atomic E-state index is -1.23. The summed E-state index contributed by atoms with van der Waals surface area (Å²) in [6, 6.07) is 38.3. The van der Waals surface area contributed by atoms with Gasteiger partial charge in [-0.1, -0.05) is 109 Å². The highest BCUT2D eigenvalue weighted by molar-refractivity contribution is 7.84. The zero-order chi connectivity index (χ0) is 24.1. The van der Waals surface area contributed by atoms with Gasteiger partial charge in [0.15, 0.2) is 0 Å². The lowest BCUT2D eigenvalue weighted by molar-refractivity contribution is 0.623. The quantitative estimate of drug-likeness (QED) is 0.325. The summed E-state index contributed by atoms with van der Waals surface area (Å²) in [6.45, 7) is 8.16. The van der Waals surface area contributed by atoms with E-state index in [9.17, 15) is 4.21 Å². The molecule has 0 aliphatic heterocycles. The second kappa shape index (κ2) is 10.8. The first-order valence-corrected chi connectivity index (χ1v) is 14.1. The fourth-order valence-electron chi connectivity index (χ4n) is 4.01. The lowest BCUT2D eigenvalue weighted by Gasteiger charge is -2.30. The topological polar surface area (TPSA) is 29.1 Å². The maximum absolute atomic E-state index is 13.4. The van der Waals surface area contributed by atoms with Crippen LogP contribution in [0.1, 0.15) is 43.5 Å². The smallest absolute Gasteiger partial charge is 0.0979 e. The van der Waals surface area contributed by atoms with Crippen LogP contribution in [0, 0.1) is 6.92 Å². The Labute approximate surface area is 207 Å². The first-order chi connectivity index (χ1) is 16.4. The van der Waals surface area contributed by atoms with Crippen molar-refractivity contribution < 1.29 is 4.21 Å². The zero-order valence-corrected chi connectivity index (χ0v) is 21.9. The molecule has 0 bridgehead atoms. The van der Waals surface area contributed by atoms with Gasteiger partial charge in [-0.15, -0.1) is 0 Å². The van der Waals surface area contributed by atoms with Crippen LogP contribution in [0.25, 0.3) is 0 Å². The molecule has 2 atom stereocenters. The van der Waals surface area contributed by atoms with Gasteiger partial charge in [0, 0.05) is 0 Å². The van der Waals surface area contributed by atoms with Gasteiger partial charge in [0.1, 0.15) is 0 Å². The highest BCUT2D eigenvalue weighted by Gasteiger charge is 2.29. The van der Waals surface area contributed by atoms with Crippen molar-refractivity contribution in [2.75, 3.05) is 0 Å². The summed E-state index contributed by atoms with van der Waals surface area (Å²) in [7, 11) is -2.02. The molecule has 34 heavy (non-hydrogen) atoms. The molecule has 0 amide bonds. The monoisotopic (exact) mass is 485 g/mol. The van der Waals surface area contributed by atoms with Crippen molar-refractivity contribution in [2.45, 2.75) is 38.5 Å². The lowest BCUT2D eigenvalue weighted by Crippen LogP contribution is -2.38. The normalized spacial score (nSPS) is 13.6. The number of hydrogen-bond acceptors (Lipinski definition) is 1. The van der Waals surface area contributed by atoms with E-state index < -0.39 is 18.9 Å². The molecular formula is C30H32NOPS. The van der Waals surface area contributed by atoms with Gasteiger partial charge in [-0.2, -0.15) is 0 Å². The molecule has 1 N–H and O–H groups in total. The number of aryl methyl sites for hydroxylation is 1. The highest BCUT2D eigenvalue weighted by Crippen LogP contribution is 2.37. The summed E-state index contributed by atoms with van der Waals surface area (Å²) >= 11 is 0. The van der Waals surface area contributed by atoms with Crippen LogP contribution in [0.4, 0.5) is 0 Å². The highest BCUT2D eigenvalue weighted by atomic mass is 32.2. The molecule has 174 valence electrons. The molecule has 0 radical (unpaired) electrons. The standard InChI is InChI=1S/C30H32NOPS/c1-23-15-11-12-20-26(23)29(31-34(32)30(2,3)4)27-21-13-14-22-28(27)33(24-16-7-5-8-17-24)25-18-9-6-10-19-25/h5-22,29,31H,1-4H3/t29-,34-/m1/s1. The van der Waals surface area contributed by atoms with E-state index in [1.165, 1.54) is 27.0 Å². The molecule has 2 nitrogen and oxygen atoms in total. The summed E-state index contributed by atoms with van der Waals surface area (Å²) in [4.78, 5) is 0.